The minimum atomic E-state index is 0.737. The van der Waals surface area contributed by atoms with Crippen LogP contribution in [-0.4, -0.2) is 14.5 Å². The van der Waals surface area contributed by atoms with Gasteiger partial charge in [-0.2, -0.15) is 0 Å². The van der Waals surface area contributed by atoms with Gasteiger partial charge in [0.2, 0.25) is 0 Å². The Morgan fingerprint density at radius 2 is 1.16 bits per heavy atom. The van der Waals surface area contributed by atoms with Crippen molar-refractivity contribution in [3.63, 3.8) is 0 Å². The third-order valence-corrected chi connectivity index (χ3v) is 9.58. The van der Waals surface area contributed by atoms with E-state index in [0.29, 0.717) is 0 Å². The van der Waals surface area contributed by atoms with Crippen LogP contribution < -0.4 is 0 Å². The smallest absolute Gasteiger partial charge is 0.160 e. The fourth-order valence-electron chi connectivity index (χ4n) is 6.45. The van der Waals surface area contributed by atoms with Gasteiger partial charge in [0.05, 0.1) is 26.9 Å². The van der Waals surface area contributed by atoms with Gasteiger partial charge in [-0.05, 0) is 47.5 Å². The van der Waals surface area contributed by atoms with Crippen LogP contribution in [-0.2, 0) is 0 Å². The van der Waals surface area contributed by atoms with Gasteiger partial charge in [-0.3, -0.25) is 0 Å². The van der Waals surface area contributed by atoms with Gasteiger partial charge in [0.25, 0.3) is 0 Å². The molecule has 0 saturated heterocycles. The SMILES string of the molecule is c1ccc(-c2nc(-c3cccc(-c4cccc5c4c4ccccc4n5-c4ccccc4)c3)nc3c2sc2ccccc23)cc1. The standard InChI is InChI=1S/C40H25N3S/c1-3-13-26(14-4-1)37-39-38(32-20-8-10-24-35(32)44-39)42-40(41-37)28-16-11-15-27(25-28)30-21-12-23-34-36(30)31-19-7-9-22-33(31)43(34)29-17-5-2-6-18-29/h1-25H. The van der Waals surface area contributed by atoms with Crippen LogP contribution in [0.1, 0.15) is 0 Å². The van der Waals surface area contributed by atoms with E-state index in [9.17, 15) is 0 Å². The summed E-state index contributed by atoms with van der Waals surface area (Å²) < 4.78 is 4.71. The first-order valence-electron chi connectivity index (χ1n) is 14.8. The van der Waals surface area contributed by atoms with Crippen LogP contribution in [0.3, 0.4) is 0 Å². The van der Waals surface area contributed by atoms with E-state index in [1.807, 2.05) is 6.07 Å². The summed E-state index contributed by atoms with van der Waals surface area (Å²) in [5.41, 5.74) is 9.96. The summed E-state index contributed by atoms with van der Waals surface area (Å²) >= 11 is 1.76. The van der Waals surface area contributed by atoms with Crippen molar-refractivity contribution in [2.75, 3.05) is 0 Å². The summed E-state index contributed by atoms with van der Waals surface area (Å²) in [5, 5.41) is 3.65. The van der Waals surface area contributed by atoms with Gasteiger partial charge in [-0.15, -0.1) is 11.3 Å². The lowest BCUT2D eigenvalue weighted by Crippen LogP contribution is -1.94. The molecule has 206 valence electrons. The monoisotopic (exact) mass is 579 g/mol. The van der Waals surface area contributed by atoms with Gasteiger partial charge in [-0.1, -0.05) is 115 Å². The molecule has 0 aliphatic heterocycles. The maximum Gasteiger partial charge on any atom is 0.160 e. The Labute approximate surface area is 258 Å². The highest BCUT2D eigenvalue weighted by atomic mass is 32.1. The van der Waals surface area contributed by atoms with Crippen molar-refractivity contribution in [1.29, 1.82) is 0 Å². The summed E-state index contributed by atoms with van der Waals surface area (Å²) in [5.74, 6) is 0.737. The molecule has 0 radical (unpaired) electrons. The van der Waals surface area contributed by atoms with Crippen molar-refractivity contribution in [2.45, 2.75) is 0 Å². The first-order valence-corrected chi connectivity index (χ1v) is 15.6. The molecule has 0 aliphatic carbocycles. The van der Waals surface area contributed by atoms with Crippen molar-refractivity contribution in [1.82, 2.24) is 14.5 Å². The van der Waals surface area contributed by atoms with Gasteiger partial charge < -0.3 is 4.57 Å². The molecular weight excluding hydrogens is 555 g/mol. The van der Waals surface area contributed by atoms with Crippen molar-refractivity contribution in [3.05, 3.63) is 152 Å². The second-order valence-electron chi connectivity index (χ2n) is 11.0. The minimum absolute atomic E-state index is 0.737. The molecule has 9 rings (SSSR count). The van der Waals surface area contributed by atoms with E-state index in [1.165, 1.54) is 37.5 Å². The fourth-order valence-corrected chi connectivity index (χ4v) is 7.61. The molecule has 3 heterocycles. The lowest BCUT2D eigenvalue weighted by Gasteiger charge is -2.10. The number of hydrogen-bond acceptors (Lipinski definition) is 3. The van der Waals surface area contributed by atoms with Gasteiger partial charge in [0, 0.05) is 37.7 Å². The number of fused-ring (bicyclic) bond motifs is 6. The summed E-state index contributed by atoms with van der Waals surface area (Å²) in [7, 11) is 0. The second-order valence-corrected chi connectivity index (χ2v) is 12.1. The van der Waals surface area contributed by atoms with E-state index in [4.69, 9.17) is 9.97 Å². The highest BCUT2D eigenvalue weighted by Gasteiger charge is 2.18. The molecule has 0 aliphatic rings. The predicted molar refractivity (Wildman–Crippen MR) is 186 cm³/mol. The minimum Gasteiger partial charge on any atom is -0.309 e. The largest absolute Gasteiger partial charge is 0.309 e. The van der Waals surface area contributed by atoms with E-state index in [2.05, 4.69) is 150 Å². The molecule has 0 bridgehead atoms. The molecule has 3 nitrogen and oxygen atoms in total. The quantitative estimate of drug-likeness (QED) is 0.208. The van der Waals surface area contributed by atoms with Crippen LogP contribution in [0.5, 0.6) is 0 Å². The normalized spacial score (nSPS) is 11.6. The number of para-hydroxylation sites is 2. The first kappa shape index (κ1) is 25.0. The van der Waals surface area contributed by atoms with Crippen LogP contribution in [0.2, 0.25) is 0 Å². The van der Waals surface area contributed by atoms with Gasteiger partial charge in [0.1, 0.15) is 0 Å². The third-order valence-electron chi connectivity index (χ3n) is 8.41. The molecule has 0 amide bonds. The number of rotatable bonds is 4. The molecule has 6 aromatic carbocycles. The van der Waals surface area contributed by atoms with Crippen LogP contribution in [0.25, 0.3) is 81.6 Å². The molecule has 0 N–H and O–H groups in total. The Morgan fingerprint density at radius 1 is 0.500 bits per heavy atom. The summed E-state index contributed by atoms with van der Waals surface area (Å²) in [6.07, 6.45) is 0. The fraction of sp³-hybridized carbons (Fsp3) is 0. The highest BCUT2D eigenvalue weighted by molar-refractivity contribution is 7.26. The zero-order valence-corrected chi connectivity index (χ0v) is 24.5. The maximum absolute atomic E-state index is 5.22. The van der Waals surface area contributed by atoms with E-state index in [1.54, 1.807) is 11.3 Å². The number of thiophene rings is 1. The van der Waals surface area contributed by atoms with E-state index >= 15 is 0 Å². The van der Waals surface area contributed by atoms with Crippen molar-refractivity contribution >= 4 is 53.4 Å². The Balaban J connectivity index is 1.28. The summed E-state index contributed by atoms with van der Waals surface area (Å²) in [6, 6.07) is 53.6. The molecule has 4 heteroatoms. The molecule has 0 saturated carbocycles. The van der Waals surface area contributed by atoms with E-state index in [0.717, 1.165) is 44.1 Å². The van der Waals surface area contributed by atoms with Crippen LogP contribution >= 0.6 is 11.3 Å². The summed E-state index contributed by atoms with van der Waals surface area (Å²) in [6.45, 7) is 0. The van der Waals surface area contributed by atoms with Crippen LogP contribution in [0.4, 0.5) is 0 Å². The molecule has 0 atom stereocenters. The maximum atomic E-state index is 5.22. The van der Waals surface area contributed by atoms with Crippen LogP contribution in [0.15, 0.2) is 152 Å². The number of aromatic nitrogens is 3. The molecule has 0 fully saturated rings. The molecule has 0 spiro atoms. The van der Waals surface area contributed by atoms with E-state index in [-0.39, 0.29) is 0 Å². The predicted octanol–water partition coefficient (Wildman–Crippen LogP) is 10.9. The van der Waals surface area contributed by atoms with Crippen LogP contribution in [0, 0.1) is 0 Å². The Bertz CT molecular complexity index is 2490. The Morgan fingerprint density at radius 3 is 2.02 bits per heavy atom. The Hall–Kier alpha value is -5.58. The average Bonchev–Trinajstić information content (AvgIpc) is 3.65. The average molecular weight is 580 g/mol. The summed E-state index contributed by atoms with van der Waals surface area (Å²) in [4.78, 5) is 10.4. The Kier molecular flexibility index (Phi) is 5.68. The molecule has 9 aromatic rings. The lowest BCUT2D eigenvalue weighted by molar-refractivity contribution is 1.18. The number of benzene rings is 6. The van der Waals surface area contributed by atoms with Crippen molar-refractivity contribution in [2.24, 2.45) is 0 Å². The molecular formula is C40H25N3S. The zero-order chi connectivity index (χ0) is 29.0. The van der Waals surface area contributed by atoms with E-state index < -0.39 is 0 Å². The zero-order valence-electron chi connectivity index (χ0n) is 23.7. The second kappa shape index (κ2) is 10.0. The van der Waals surface area contributed by atoms with Gasteiger partial charge in [-0.25, -0.2) is 9.97 Å². The topological polar surface area (TPSA) is 30.7 Å². The van der Waals surface area contributed by atoms with Crippen molar-refractivity contribution < 1.29 is 0 Å². The van der Waals surface area contributed by atoms with Gasteiger partial charge in [0.15, 0.2) is 5.82 Å². The molecule has 3 aromatic heterocycles. The molecule has 0 unspecified atom stereocenters. The first-order chi connectivity index (χ1) is 21.8. The van der Waals surface area contributed by atoms with Crippen molar-refractivity contribution in [3.8, 4) is 39.5 Å². The lowest BCUT2D eigenvalue weighted by atomic mass is 9.97. The number of hydrogen-bond donors (Lipinski definition) is 0. The number of nitrogens with zero attached hydrogens (tertiary/aromatic N) is 3. The molecule has 44 heavy (non-hydrogen) atoms. The van der Waals surface area contributed by atoms with Gasteiger partial charge >= 0.3 is 0 Å². The third kappa shape index (κ3) is 3.89. The highest BCUT2D eigenvalue weighted by Crippen LogP contribution is 2.41.